The van der Waals surface area contributed by atoms with Crippen LogP contribution >= 0.6 is 0 Å². The van der Waals surface area contributed by atoms with Crippen molar-refractivity contribution in [3.8, 4) is 0 Å². The second-order valence-corrected chi connectivity index (χ2v) is 5.36. The second-order valence-electron chi connectivity index (χ2n) is 5.36. The molecule has 1 amide bonds. The predicted molar refractivity (Wildman–Crippen MR) is 65.7 cm³/mol. The monoisotopic (exact) mass is 249 g/mol. The van der Waals surface area contributed by atoms with Crippen molar-refractivity contribution in [2.24, 2.45) is 11.8 Å². The molecule has 1 saturated heterocycles. The lowest BCUT2D eigenvalue weighted by atomic mass is 9.79. The lowest BCUT2D eigenvalue weighted by Gasteiger charge is -2.31. The number of rotatable bonds is 3. The molecule has 3 rings (SSSR count). The molecule has 1 saturated carbocycles. The Morgan fingerprint density at radius 3 is 3.11 bits per heavy atom. The van der Waals surface area contributed by atoms with Crippen LogP contribution in [0, 0.1) is 11.8 Å². The van der Waals surface area contributed by atoms with Crippen LogP contribution in [-0.2, 0) is 11.3 Å². The molecule has 18 heavy (non-hydrogen) atoms. The van der Waals surface area contributed by atoms with Crippen LogP contribution in [0.1, 0.15) is 19.3 Å². The van der Waals surface area contributed by atoms with E-state index in [2.05, 4.69) is 20.9 Å². The highest BCUT2D eigenvalue weighted by molar-refractivity contribution is 5.75. The summed E-state index contributed by atoms with van der Waals surface area (Å²) in [5.74, 6) is 1.61. The molecule has 1 aliphatic heterocycles. The molecule has 2 N–H and O–H groups in total. The molecule has 0 aromatic carbocycles. The molecule has 2 aliphatic rings. The molecule has 98 valence electrons. The smallest absolute Gasteiger partial charge is 0.242 e. The molecule has 3 atom stereocenters. The average molecular weight is 249 g/mol. The van der Waals surface area contributed by atoms with Gasteiger partial charge in [0.05, 0.1) is 6.20 Å². The van der Waals surface area contributed by atoms with E-state index in [0.717, 1.165) is 37.8 Å². The van der Waals surface area contributed by atoms with Gasteiger partial charge in [0.2, 0.25) is 5.91 Å². The Morgan fingerprint density at radius 1 is 1.39 bits per heavy atom. The Balaban J connectivity index is 1.49. The number of hydrogen-bond donors (Lipinski definition) is 2. The highest BCUT2D eigenvalue weighted by atomic mass is 16.2. The van der Waals surface area contributed by atoms with E-state index in [1.807, 2.05) is 0 Å². The third-order valence-corrected chi connectivity index (χ3v) is 4.10. The number of hydrogen-bond acceptors (Lipinski definition) is 4. The summed E-state index contributed by atoms with van der Waals surface area (Å²) >= 11 is 0. The van der Waals surface area contributed by atoms with E-state index < -0.39 is 0 Å². The van der Waals surface area contributed by atoms with Crippen LogP contribution in [0.5, 0.6) is 0 Å². The van der Waals surface area contributed by atoms with Gasteiger partial charge >= 0.3 is 0 Å². The van der Waals surface area contributed by atoms with E-state index in [1.165, 1.54) is 6.42 Å². The van der Waals surface area contributed by atoms with Crippen LogP contribution in [0.2, 0.25) is 0 Å². The molecule has 1 unspecified atom stereocenters. The molecular weight excluding hydrogens is 230 g/mol. The van der Waals surface area contributed by atoms with Crippen LogP contribution in [-0.4, -0.2) is 40.0 Å². The van der Waals surface area contributed by atoms with Gasteiger partial charge in [0.25, 0.3) is 0 Å². The normalized spacial score (nSPS) is 31.0. The highest BCUT2D eigenvalue weighted by Crippen LogP contribution is 2.32. The molecule has 1 aromatic rings. The Labute approximate surface area is 106 Å². The van der Waals surface area contributed by atoms with Crippen molar-refractivity contribution < 1.29 is 4.79 Å². The zero-order valence-electron chi connectivity index (χ0n) is 10.4. The van der Waals surface area contributed by atoms with Gasteiger partial charge in [-0.2, -0.15) is 0 Å². The first-order valence-corrected chi connectivity index (χ1v) is 6.65. The average Bonchev–Trinajstić information content (AvgIpc) is 2.98. The number of nitrogens with one attached hydrogen (secondary N) is 2. The van der Waals surface area contributed by atoms with Crippen LogP contribution in [0.3, 0.4) is 0 Å². The topological polar surface area (TPSA) is 71.8 Å². The van der Waals surface area contributed by atoms with E-state index in [-0.39, 0.29) is 12.5 Å². The van der Waals surface area contributed by atoms with Crippen molar-refractivity contribution in [3.63, 3.8) is 0 Å². The van der Waals surface area contributed by atoms with Gasteiger partial charge in [0.15, 0.2) is 0 Å². The fourth-order valence-corrected chi connectivity index (χ4v) is 3.17. The molecule has 6 nitrogen and oxygen atoms in total. The largest absolute Gasteiger partial charge is 0.352 e. The van der Waals surface area contributed by atoms with Gasteiger partial charge in [-0.15, -0.1) is 5.10 Å². The van der Waals surface area contributed by atoms with Crippen LogP contribution < -0.4 is 10.6 Å². The summed E-state index contributed by atoms with van der Waals surface area (Å²) in [6, 6.07) is 0.335. The van der Waals surface area contributed by atoms with Crippen molar-refractivity contribution in [1.82, 2.24) is 25.6 Å². The minimum absolute atomic E-state index is 0.0370. The fraction of sp³-hybridized carbons (Fsp3) is 0.750. The number of nitrogens with zero attached hydrogens (tertiary/aromatic N) is 3. The molecular formula is C12H19N5O. The molecule has 2 heterocycles. The van der Waals surface area contributed by atoms with E-state index >= 15 is 0 Å². The minimum Gasteiger partial charge on any atom is -0.352 e. The molecule has 6 heteroatoms. The molecule has 0 bridgehead atoms. The van der Waals surface area contributed by atoms with Gasteiger partial charge in [-0.05, 0) is 44.2 Å². The lowest BCUT2D eigenvalue weighted by molar-refractivity contribution is -0.122. The molecule has 0 radical (unpaired) electrons. The standard InChI is InChI=1S/C12H19N5O/c18-12(8-17-4-3-14-16-17)15-11-2-1-9-6-13-7-10(9)5-11/h3-4,9-11,13H,1-2,5-8H2,(H,15,18)/t9-,10+,11?/m0/s1. The third-order valence-electron chi connectivity index (χ3n) is 4.10. The van der Waals surface area contributed by atoms with Crippen molar-refractivity contribution in [3.05, 3.63) is 12.4 Å². The maximum atomic E-state index is 11.9. The Bertz CT molecular complexity index is 405. The van der Waals surface area contributed by atoms with Crippen LogP contribution in [0.25, 0.3) is 0 Å². The summed E-state index contributed by atoms with van der Waals surface area (Å²) in [4.78, 5) is 11.9. The van der Waals surface area contributed by atoms with Crippen molar-refractivity contribution >= 4 is 5.91 Å². The molecule has 0 spiro atoms. The highest BCUT2D eigenvalue weighted by Gasteiger charge is 2.34. The summed E-state index contributed by atoms with van der Waals surface area (Å²) in [6.07, 6.45) is 6.73. The van der Waals surface area contributed by atoms with E-state index in [9.17, 15) is 4.79 Å². The SMILES string of the molecule is O=C(Cn1ccnn1)NC1CC[C@H]2CNC[C@H]2C1. The Hall–Kier alpha value is -1.43. The van der Waals surface area contributed by atoms with Crippen molar-refractivity contribution in [2.45, 2.75) is 31.8 Å². The van der Waals surface area contributed by atoms with Gasteiger partial charge in [0.1, 0.15) is 6.54 Å². The number of carbonyl (C=O) groups excluding carboxylic acids is 1. The summed E-state index contributed by atoms with van der Waals surface area (Å²) in [6.45, 7) is 2.53. The summed E-state index contributed by atoms with van der Waals surface area (Å²) in [7, 11) is 0. The molecule has 1 aliphatic carbocycles. The molecule has 1 aromatic heterocycles. The lowest BCUT2D eigenvalue weighted by Crippen LogP contribution is -2.42. The molecule has 2 fully saturated rings. The number of aromatic nitrogens is 3. The zero-order chi connectivity index (χ0) is 12.4. The van der Waals surface area contributed by atoms with Crippen molar-refractivity contribution in [1.29, 1.82) is 0 Å². The van der Waals surface area contributed by atoms with E-state index in [4.69, 9.17) is 0 Å². The maximum Gasteiger partial charge on any atom is 0.242 e. The van der Waals surface area contributed by atoms with Crippen molar-refractivity contribution in [2.75, 3.05) is 13.1 Å². The first-order chi connectivity index (χ1) is 8.81. The number of amides is 1. The number of fused-ring (bicyclic) bond motifs is 1. The minimum atomic E-state index is 0.0370. The first-order valence-electron chi connectivity index (χ1n) is 6.65. The first kappa shape index (κ1) is 11.6. The predicted octanol–water partition coefficient (Wildman–Crippen LogP) is -0.218. The third kappa shape index (κ3) is 2.53. The zero-order valence-corrected chi connectivity index (χ0v) is 10.4. The van der Waals surface area contributed by atoms with Gasteiger partial charge in [-0.1, -0.05) is 5.21 Å². The number of carbonyl (C=O) groups is 1. The van der Waals surface area contributed by atoms with E-state index in [1.54, 1.807) is 17.1 Å². The van der Waals surface area contributed by atoms with Gasteiger partial charge in [-0.3, -0.25) is 4.79 Å². The van der Waals surface area contributed by atoms with Crippen LogP contribution in [0.15, 0.2) is 12.4 Å². The van der Waals surface area contributed by atoms with Gasteiger partial charge < -0.3 is 10.6 Å². The van der Waals surface area contributed by atoms with Gasteiger partial charge in [-0.25, -0.2) is 4.68 Å². The maximum absolute atomic E-state index is 11.9. The fourth-order valence-electron chi connectivity index (χ4n) is 3.17. The van der Waals surface area contributed by atoms with E-state index in [0.29, 0.717) is 6.04 Å². The Kier molecular flexibility index (Phi) is 3.27. The van der Waals surface area contributed by atoms with Gasteiger partial charge in [0, 0.05) is 12.2 Å². The summed E-state index contributed by atoms with van der Waals surface area (Å²) in [5.41, 5.74) is 0. The second kappa shape index (κ2) is 5.06. The summed E-state index contributed by atoms with van der Waals surface area (Å²) in [5, 5.41) is 14.0. The Morgan fingerprint density at radius 2 is 2.28 bits per heavy atom. The van der Waals surface area contributed by atoms with Crippen LogP contribution in [0.4, 0.5) is 0 Å². The quantitative estimate of drug-likeness (QED) is 0.777. The summed E-state index contributed by atoms with van der Waals surface area (Å²) < 4.78 is 1.55.